The molecule has 0 bridgehead atoms. The number of halogens is 1. The Morgan fingerprint density at radius 1 is 0.607 bits per heavy atom. The van der Waals surface area contributed by atoms with Crippen molar-refractivity contribution in [1.82, 2.24) is 0 Å². The molecule has 4 aromatic rings. The van der Waals surface area contributed by atoms with Crippen LogP contribution in [0, 0.1) is 3.57 Å². The summed E-state index contributed by atoms with van der Waals surface area (Å²) >= 11 is 2.33. The van der Waals surface area contributed by atoms with Gasteiger partial charge in [0.25, 0.3) is 0 Å². The van der Waals surface area contributed by atoms with Gasteiger partial charge in [0.1, 0.15) is 12.4 Å². The van der Waals surface area contributed by atoms with E-state index < -0.39 is 0 Å². The quantitative estimate of drug-likeness (QED) is 0.208. The van der Waals surface area contributed by atoms with Crippen molar-refractivity contribution < 1.29 is 4.74 Å². The topological polar surface area (TPSA) is 9.23 Å². The average Bonchev–Trinajstić information content (AvgIpc) is 2.75. The van der Waals surface area contributed by atoms with E-state index in [1.54, 1.807) is 0 Å². The van der Waals surface area contributed by atoms with E-state index in [4.69, 9.17) is 4.74 Å². The van der Waals surface area contributed by atoms with Gasteiger partial charge in [-0.05, 0) is 88.8 Å². The Balaban J connectivity index is 1.56. The van der Waals surface area contributed by atoms with Crippen LogP contribution in [-0.2, 0) is 17.5 Å². The molecule has 0 aromatic heterocycles. The Morgan fingerprint density at radius 2 is 1.18 bits per heavy atom. The molecule has 0 aliphatic rings. The lowest BCUT2D eigenvalue weighted by Gasteiger charge is -2.10. The summed E-state index contributed by atoms with van der Waals surface area (Å²) < 4.78 is 7.22. The van der Waals surface area contributed by atoms with E-state index in [2.05, 4.69) is 132 Å². The molecule has 0 amide bonds. The standard InChI is InChI=1S/C25H20IOS/c26-21-9-7-8-20(18-21)19-27-22-14-16-25(17-15-22)28(23-10-3-1-4-11-23)24-12-5-2-6-13-24/h1-18H,19H2/q+1. The molecule has 0 radical (unpaired) electrons. The monoisotopic (exact) mass is 495 g/mol. The summed E-state index contributed by atoms with van der Waals surface area (Å²) in [4.78, 5) is 3.93. The van der Waals surface area contributed by atoms with Gasteiger partial charge < -0.3 is 4.74 Å². The van der Waals surface area contributed by atoms with Gasteiger partial charge in [-0.3, -0.25) is 0 Å². The second kappa shape index (κ2) is 9.30. The predicted molar refractivity (Wildman–Crippen MR) is 125 cm³/mol. The first-order valence-electron chi connectivity index (χ1n) is 9.11. The van der Waals surface area contributed by atoms with E-state index in [0.29, 0.717) is 6.61 Å². The molecule has 0 unspecified atom stereocenters. The van der Waals surface area contributed by atoms with Crippen molar-refractivity contribution in [2.45, 2.75) is 21.3 Å². The first kappa shape index (κ1) is 19.1. The molecule has 0 saturated heterocycles. The molecule has 3 heteroatoms. The number of rotatable bonds is 6. The zero-order valence-corrected chi connectivity index (χ0v) is 18.3. The normalized spacial score (nSPS) is 10.8. The van der Waals surface area contributed by atoms with Crippen LogP contribution >= 0.6 is 22.6 Å². The van der Waals surface area contributed by atoms with Crippen LogP contribution < -0.4 is 4.74 Å². The van der Waals surface area contributed by atoms with E-state index in [-0.39, 0.29) is 10.9 Å². The lowest BCUT2D eigenvalue weighted by atomic mass is 10.2. The molecule has 0 saturated carbocycles. The highest BCUT2D eigenvalue weighted by Gasteiger charge is 2.28. The summed E-state index contributed by atoms with van der Waals surface area (Å²) in [6.07, 6.45) is 0. The van der Waals surface area contributed by atoms with Crippen molar-refractivity contribution in [2.24, 2.45) is 0 Å². The number of hydrogen-bond acceptors (Lipinski definition) is 1. The van der Waals surface area contributed by atoms with Gasteiger partial charge in [-0.1, -0.05) is 48.5 Å². The van der Waals surface area contributed by atoms with Crippen LogP contribution in [0.15, 0.2) is 124 Å². The van der Waals surface area contributed by atoms with E-state index in [1.165, 1.54) is 23.8 Å². The van der Waals surface area contributed by atoms with Gasteiger partial charge in [-0.15, -0.1) is 0 Å². The van der Waals surface area contributed by atoms with Crippen molar-refractivity contribution in [3.63, 3.8) is 0 Å². The van der Waals surface area contributed by atoms with Gasteiger partial charge in [-0.2, -0.15) is 0 Å². The van der Waals surface area contributed by atoms with Gasteiger partial charge in [0.15, 0.2) is 14.7 Å². The zero-order valence-electron chi connectivity index (χ0n) is 15.3. The van der Waals surface area contributed by atoms with Crippen molar-refractivity contribution >= 4 is 33.5 Å². The van der Waals surface area contributed by atoms with Crippen molar-refractivity contribution in [3.8, 4) is 5.75 Å². The molecule has 0 heterocycles. The third kappa shape index (κ3) is 4.78. The summed E-state index contributed by atoms with van der Waals surface area (Å²) in [6, 6.07) is 38.3. The van der Waals surface area contributed by atoms with Gasteiger partial charge >= 0.3 is 0 Å². The fourth-order valence-electron chi connectivity index (χ4n) is 2.99. The molecular weight excluding hydrogens is 475 g/mol. The van der Waals surface area contributed by atoms with Gasteiger partial charge in [-0.25, -0.2) is 0 Å². The molecule has 28 heavy (non-hydrogen) atoms. The highest BCUT2D eigenvalue weighted by Crippen LogP contribution is 2.32. The molecule has 1 nitrogen and oxygen atoms in total. The first-order chi connectivity index (χ1) is 13.8. The summed E-state index contributed by atoms with van der Waals surface area (Å²) in [5.74, 6) is 0.896. The average molecular weight is 495 g/mol. The summed E-state index contributed by atoms with van der Waals surface area (Å²) in [6.45, 7) is 0.583. The van der Waals surface area contributed by atoms with Crippen LogP contribution in [0.5, 0.6) is 5.75 Å². The van der Waals surface area contributed by atoms with E-state index in [9.17, 15) is 0 Å². The minimum absolute atomic E-state index is 0.122. The van der Waals surface area contributed by atoms with Crippen LogP contribution in [0.3, 0.4) is 0 Å². The molecule has 0 aliphatic heterocycles. The van der Waals surface area contributed by atoms with Crippen LogP contribution in [0.4, 0.5) is 0 Å². The molecule has 0 spiro atoms. The third-order valence-corrected chi connectivity index (χ3v) is 7.21. The maximum Gasteiger partial charge on any atom is 0.166 e. The van der Waals surface area contributed by atoms with E-state index >= 15 is 0 Å². The van der Waals surface area contributed by atoms with E-state index in [0.717, 1.165) is 5.75 Å². The van der Waals surface area contributed by atoms with Crippen LogP contribution in [0.1, 0.15) is 5.56 Å². The van der Waals surface area contributed by atoms with Gasteiger partial charge in [0, 0.05) is 3.57 Å². The first-order valence-corrected chi connectivity index (χ1v) is 11.4. The van der Waals surface area contributed by atoms with Gasteiger partial charge in [0.05, 0.1) is 10.9 Å². The highest BCUT2D eigenvalue weighted by atomic mass is 127. The maximum atomic E-state index is 5.99. The summed E-state index contributed by atoms with van der Waals surface area (Å²) in [5.41, 5.74) is 1.18. The van der Waals surface area contributed by atoms with Gasteiger partial charge in [0.2, 0.25) is 0 Å². The smallest absolute Gasteiger partial charge is 0.166 e. The molecular formula is C25H20IOS+. The fourth-order valence-corrected chi connectivity index (χ4v) is 5.68. The molecule has 0 aliphatic carbocycles. The summed E-state index contributed by atoms with van der Waals surface area (Å²) in [7, 11) is -0.122. The Kier molecular flexibility index (Phi) is 6.34. The van der Waals surface area contributed by atoms with Crippen molar-refractivity contribution in [1.29, 1.82) is 0 Å². The molecule has 138 valence electrons. The predicted octanol–water partition coefficient (Wildman–Crippen LogP) is 6.97. The molecule has 4 aromatic carbocycles. The Morgan fingerprint density at radius 3 is 1.75 bits per heavy atom. The maximum absolute atomic E-state index is 5.99. The lowest BCUT2D eigenvalue weighted by molar-refractivity contribution is 0.306. The Labute approximate surface area is 182 Å². The molecule has 0 fully saturated rings. The molecule has 0 N–H and O–H groups in total. The number of benzene rings is 4. The van der Waals surface area contributed by atoms with Crippen LogP contribution in [0.25, 0.3) is 0 Å². The largest absolute Gasteiger partial charge is 0.489 e. The highest BCUT2D eigenvalue weighted by molar-refractivity contribution is 14.1. The second-order valence-corrected chi connectivity index (χ2v) is 9.59. The van der Waals surface area contributed by atoms with Crippen molar-refractivity contribution in [2.75, 3.05) is 0 Å². The van der Waals surface area contributed by atoms with E-state index in [1.807, 2.05) is 0 Å². The Bertz CT molecular complexity index is 978. The molecule has 0 atom stereocenters. The van der Waals surface area contributed by atoms with Crippen LogP contribution in [-0.4, -0.2) is 0 Å². The van der Waals surface area contributed by atoms with Crippen molar-refractivity contribution in [3.05, 3.63) is 118 Å². The number of hydrogen-bond donors (Lipinski definition) is 0. The number of ether oxygens (including phenoxy) is 1. The minimum Gasteiger partial charge on any atom is -0.489 e. The SMILES string of the molecule is Ic1cccc(COc2ccc([S+](c3ccccc3)c3ccccc3)cc2)c1. The lowest BCUT2D eigenvalue weighted by Crippen LogP contribution is -2.04. The second-order valence-electron chi connectivity index (χ2n) is 6.32. The Hall–Kier alpha value is -2.24. The fraction of sp³-hybridized carbons (Fsp3) is 0.0400. The van der Waals surface area contributed by atoms with Crippen LogP contribution in [0.2, 0.25) is 0 Å². The third-order valence-electron chi connectivity index (χ3n) is 4.31. The zero-order chi connectivity index (χ0) is 19.2. The molecule has 4 rings (SSSR count). The summed E-state index contributed by atoms with van der Waals surface area (Å²) in [5, 5.41) is 0. The minimum atomic E-state index is -0.122.